The van der Waals surface area contributed by atoms with Gasteiger partial charge in [-0.05, 0) is 49.2 Å². The molecule has 0 saturated heterocycles. The molecule has 0 aromatic heterocycles. The number of hydrogen-bond acceptors (Lipinski definition) is 3. The third-order valence-corrected chi connectivity index (χ3v) is 3.71. The Kier molecular flexibility index (Phi) is 5.01. The van der Waals surface area contributed by atoms with Gasteiger partial charge in [-0.1, -0.05) is 24.3 Å². The zero-order chi connectivity index (χ0) is 17.0. The fourth-order valence-corrected chi connectivity index (χ4v) is 2.28. The summed E-state index contributed by atoms with van der Waals surface area (Å²) in [4.78, 5) is 22.6. The first-order chi connectivity index (χ1) is 10.9. The molecule has 0 saturated carbocycles. The zero-order valence-corrected chi connectivity index (χ0v) is 12.9. The van der Waals surface area contributed by atoms with Gasteiger partial charge in [0, 0.05) is 0 Å². The van der Waals surface area contributed by atoms with E-state index in [0.717, 1.165) is 0 Å². The number of benzene rings is 2. The van der Waals surface area contributed by atoms with Crippen LogP contribution in [0.5, 0.6) is 11.5 Å². The summed E-state index contributed by atoms with van der Waals surface area (Å²) < 4.78 is 5.70. The average Bonchev–Trinajstić information content (AvgIpc) is 2.54. The molecule has 2 aromatic carbocycles. The molecule has 5 heteroatoms. The lowest BCUT2D eigenvalue weighted by Crippen LogP contribution is -2.15. The molecule has 0 aliphatic carbocycles. The van der Waals surface area contributed by atoms with Crippen LogP contribution in [0.4, 0.5) is 0 Å². The van der Waals surface area contributed by atoms with Crippen molar-refractivity contribution in [3.8, 4) is 11.5 Å². The van der Waals surface area contributed by atoms with Gasteiger partial charge in [-0.15, -0.1) is 0 Å². The highest BCUT2D eigenvalue weighted by Crippen LogP contribution is 2.32. The van der Waals surface area contributed by atoms with Crippen LogP contribution in [0.25, 0.3) is 0 Å². The Balaban J connectivity index is 2.42. The van der Waals surface area contributed by atoms with E-state index in [9.17, 15) is 19.8 Å². The molecule has 2 atom stereocenters. The Labute approximate surface area is 134 Å². The molecular formula is C18H18O5. The van der Waals surface area contributed by atoms with Gasteiger partial charge in [0.2, 0.25) is 0 Å². The monoisotopic (exact) mass is 314 g/mol. The van der Waals surface area contributed by atoms with E-state index >= 15 is 0 Å². The highest BCUT2D eigenvalue weighted by molar-refractivity contribution is 5.80. The highest BCUT2D eigenvalue weighted by Gasteiger charge is 2.24. The van der Waals surface area contributed by atoms with Gasteiger partial charge in [-0.3, -0.25) is 9.59 Å². The number of carbonyl (C=O) groups is 2. The van der Waals surface area contributed by atoms with E-state index in [1.807, 2.05) is 18.2 Å². The first kappa shape index (κ1) is 16.5. The summed E-state index contributed by atoms with van der Waals surface area (Å²) in [6, 6.07) is 14.0. The second-order valence-corrected chi connectivity index (χ2v) is 5.33. The summed E-state index contributed by atoms with van der Waals surface area (Å²) in [5.74, 6) is -2.54. The lowest BCUT2D eigenvalue weighted by atomic mass is 9.89. The third-order valence-electron chi connectivity index (χ3n) is 3.71. The van der Waals surface area contributed by atoms with Gasteiger partial charge in [-0.25, -0.2) is 0 Å². The quantitative estimate of drug-likeness (QED) is 0.846. The van der Waals surface area contributed by atoms with Crippen LogP contribution in [0.1, 0.15) is 36.8 Å². The van der Waals surface area contributed by atoms with Crippen LogP contribution in [0.3, 0.4) is 0 Å². The summed E-state index contributed by atoms with van der Waals surface area (Å²) in [6.07, 6.45) is 0. The summed E-state index contributed by atoms with van der Waals surface area (Å²) in [5.41, 5.74) is 0.925. The molecule has 0 radical (unpaired) electrons. The molecule has 0 fully saturated rings. The minimum Gasteiger partial charge on any atom is -0.481 e. The van der Waals surface area contributed by atoms with Crippen LogP contribution in [-0.2, 0) is 9.59 Å². The van der Waals surface area contributed by atoms with E-state index in [4.69, 9.17) is 4.74 Å². The van der Waals surface area contributed by atoms with E-state index in [0.29, 0.717) is 22.6 Å². The third kappa shape index (κ3) is 3.88. The first-order valence-electron chi connectivity index (χ1n) is 7.22. The van der Waals surface area contributed by atoms with Crippen molar-refractivity contribution in [2.24, 2.45) is 0 Å². The van der Waals surface area contributed by atoms with Crippen molar-refractivity contribution in [1.82, 2.24) is 0 Å². The molecule has 2 N–H and O–H groups in total. The van der Waals surface area contributed by atoms with E-state index in [1.165, 1.54) is 13.8 Å². The number of ether oxygens (including phenoxy) is 1. The van der Waals surface area contributed by atoms with Gasteiger partial charge >= 0.3 is 11.9 Å². The van der Waals surface area contributed by atoms with Crippen LogP contribution >= 0.6 is 0 Å². The van der Waals surface area contributed by atoms with Gasteiger partial charge in [0.25, 0.3) is 0 Å². The molecule has 2 rings (SSSR count). The van der Waals surface area contributed by atoms with Crippen LogP contribution in [0, 0.1) is 0 Å². The molecule has 0 heterocycles. The molecule has 0 amide bonds. The fraction of sp³-hybridized carbons (Fsp3) is 0.222. The summed E-state index contributed by atoms with van der Waals surface area (Å²) >= 11 is 0. The Hall–Kier alpha value is -2.82. The predicted molar refractivity (Wildman–Crippen MR) is 85.1 cm³/mol. The van der Waals surface area contributed by atoms with E-state index in [2.05, 4.69) is 0 Å². The zero-order valence-electron chi connectivity index (χ0n) is 12.9. The molecule has 120 valence electrons. The summed E-state index contributed by atoms with van der Waals surface area (Å²) in [6.45, 7) is 3.06. The van der Waals surface area contributed by atoms with Crippen molar-refractivity contribution in [2.75, 3.05) is 0 Å². The molecule has 2 aromatic rings. The molecule has 0 aliphatic rings. The molecule has 5 nitrogen and oxygen atoms in total. The number of rotatable bonds is 6. The minimum atomic E-state index is -1.01. The van der Waals surface area contributed by atoms with Crippen molar-refractivity contribution in [3.63, 3.8) is 0 Å². The summed E-state index contributed by atoms with van der Waals surface area (Å²) in [5, 5.41) is 18.5. The number of para-hydroxylation sites is 1. The topological polar surface area (TPSA) is 83.8 Å². The lowest BCUT2D eigenvalue weighted by Gasteiger charge is -2.18. The lowest BCUT2D eigenvalue weighted by molar-refractivity contribution is -0.140. The highest BCUT2D eigenvalue weighted by atomic mass is 16.5. The van der Waals surface area contributed by atoms with Crippen molar-refractivity contribution in [2.45, 2.75) is 25.7 Å². The van der Waals surface area contributed by atoms with E-state index in [1.54, 1.807) is 30.3 Å². The van der Waals surface area contributed by atoms with Gasteiger partial charge < -0.3 is 14.9 Å². The van der Waals surface area contributed by atoms with Crippen LogP contribution in [0.2, 0.25) is 0 Å². The Bertz CT molecular complexity index is 709. The first-order valence-corrected chi connectivity index (χ1v) is 7.22. The minimum absolute atomic E-state index is 0.445. The van der Waals surface area contributed by atoms with Crippen LogP contribution < -0.4 is 4.74 Å². The Morgan fingerprint density at radius 3 is 1.96 bits per heavy atom. The van der Waals surface area contributed by atoms with Gasteiger partial charge in [0.1, 0.15) is 11.5 Å². The number of carboxylic acids is 2. The van der Waals surface area contributed by atoms with E-state index < -0.39 is 23.8 Å². The smallest absolute Gasteiger partial charge is 0.310 e. The maximum absolute atomic E-state index is 11.3. The molecule has 0 bridgehead atoms. The average molecular weight is 314 g/mol. The maximum atomic E-state index is 11.3. The second-order valence-electron chi connectivity index (χ2n) is 5.33. The fourth-order valence-electron chi connectivity index (χ4n) is 2.28. The SMILES string of the molecule is CC(C(=O)O)c1ccc(Oc2ccccc2)cc1C(C)C(=O)O. The van der Waals surface area contributed by atoms with Crippen LogP contribution in [0.15, 0.2) is 48.5 Å². The second kappa shape index (κ2) is 6.96. The van der Waals surface area contributed by atoms with Crippen molar-refractivity contribution in [1.29, 1.82) is 0 Å². The van der Waals surface area contributed by atoms with Gasteiger partial charge in [0.05, 0.1) is 11.8 Å². The van der Waals surface area contributed by atoms with Crippen LogP contribution in [-0.4, -0.2) is 22.2 Å². The van der Waals surface area contributed by atoms with Crippen molar-refractivity contribution in [3.05, 3.63) is 59.7 Å². The largest absolute Gasteiger partial charge is 0.481 e. The van der Waals surface area contributed by atoms with Crippen molar-refractivity contribution < 1.29 is 24.5 Å². The molecular weight excluding hydrogens is 296 g/mol. The molecule has 2 unspecified atom stereocenters. The Morgan fingerprint density at radius 1 is 0.826 bits per heavy atom. The van der Waals surface area contributed by atoms with E-state index in [-0.39, 0.29) is 0 Å². The molecule has 0 spiro atoms. The molecule has 23 heavy (non-hydrogen) atoms. The summed E-state index contributed by atoms with van der Waals surface area (Å²) in [7, 11) is 0. The van der Waals surface area contributed by atoms with Gasteiger partial charge in [-0.2, -0.15) is 0 Å². The number of aliphatic carboxylic acids is 2. The number of hydrogen-bond donors (Lipinski definition) is 2. The number of carboxylic acid groups (broad SMARTS) is 2. The van der Waals surface area contributed by atoms with Gasteiger partial charge in [0.15, 0.2) is 0 Å². The maximum Gasteiger partial charge on any atom is 0.310 e. The van der Waals surface area contributed by atoms with Crippen molar-refractivity contribution >= 4 is 11.9 Å². The Morgan fingerprint density at radius 2 is 1.39 bits per heavy atom. The predicted octanol–water partition coefficient (Wildman–Crippen LogP) is 3.86. The normalized spacial score (nSPS) is 13.1. The standard InChI is InChI=1S/C18H18O5/c1-11(17(19)20)15-9-8-14(10-16(15)12(2)18(21)22)23-13-6-4-3-5-7-13/h3-12H,1-2H3,(H,19,20)(H,21,22). The molecule has 0 aliphatic heterocycles.